The third-order valence-corrected chi connectivity index (χ3v) is 5.59. The van der Waals surface area contributed by atoms with E-state index in [0.29, 0.717) is 23.8 Å². The molecule has 2 heterocycles. The van der Waals surface area contributed by atoms with Gasteiger partial charge in [0.2, 0.25) is 5.91 Å². The van der Waals surface area contributed by atoms with Gasteiger partial charge in [-0.15, -0.1) is 11.3 Å². The summed E-state index contributed by atoms with van der Waals surface area (Å²) in [5.41, 5.74) is 2.04. The molecular formula is C22H27N3O2S. The van der Waals surface area contributed by atoms with Gasteiger partial charge < -0.3 is 15.6 Å². The van der Waals surface area contributed by atoms with Crippen LogP contribution in [0.4, 0.5) is 0 Å². The van der Waals surface area contributed by atoms with Crippen LogP contribution in [0.3, 0.4) is 0 Å². The van der Waals surface area contributed by atoms with E-state index in [1.54, 1.807) is 6.07 Å². The first kappa shape index (κ1) is 20.1. The van der Waals surface area contributed by atoms with Crippen LogP contribution in [0.2, 0.25) is 0 Å². The summed E-state index contributed by atoms with van der Waals surface area (Å²) < 4.78 is 0. The Bertz CT molecular complexity index is 915. The van der Waals surface area contributed by atoms with Crippen LogP contribution in [0, 0.1) is 5.92 Å². The first-order chi connectivity index (χ1) is 13.5. The number of hydrogen-bond acceptors (Lipinski definition) is 3. The number of rotatable bonds is 9. The SMILES string of the molecule is CC(C)CCCNC(=O)C(Cc1c[nH]c2ccccc12)NC(=O)c1cccs1. The quantitative estimate of drug-likeness (QED) is 0.475. The number of nitrogens with one attached hydrogen (secondary N) is 3. The number of fused-ring (bicyclic) bond motifs is 1. The van der Waals surface area contributed by atoms with E-state index in [1.165, 1.54) is 11.3 Å². The largest absolute Gasteiger partial charge is 0.361 e. The number of aromatic amines is 1. The molecule has 0 radical (unpaired) electrons. The number of carbonyl (C=O) groups is 2. The fraction of sp³-hybridized carbons (Fsp3) is 0.364. The summed E-state index contributed by atoms with van der Waals surface area (Å²) in [4.78, 5) is 29.2. The van der Waals surface area contributed by atoms with Gasteiger partial charge in [-0.3, -0.25) is 9.59 Å². The minimum Gasteiger partial charge on any atom is -0.361 e. The molecule has 0 saturated carbocycles. The predicted octanol–water partition coefficient (Wildman–Crippen LogP) is 4.12. The molecule has 0 aliphatic carbocycles. The average molecular weight is 398 g/mol. The molecule has 1 unspecified atom stereocenters. The Labute approximate surface area is 169 Å². The zero-order valence-corrected chi connectivity index (χ0v) is 17.1. The number of thiophene rings is 1. The minimum atomic E-state index is -0.618. The van der Waals surface area contributed by atoms with Gasteiger partial charge in [0.1, 0.15) is 6.04 Å². The highest BCUT2D eigenvalue weighted by atomic mass is 32.1. The lowest BCUT2D eigenvalue weighted by atomic mass is 10.0. The van der Waals surface area contributed by atoms with Crippen LogP contribution >= 0.6 is 11.3 Å². The van der Waals surface area contributed by atoms with Gasteiger partial charge in [-0.05, 0) is 41.8 Å². The van der Waals surface area contributed by atoms with Crippen LogP contribution in [0.1, 0.15) is 41.9 Å². The number of hydrogen-bond donors (Lipinski definition) is 3. The highest BCUT2D eigenvalue weighted by Gasteiger charge is 2.23. The lowest BCUT2D eigenvalue weighted by Crippen LogP contribution is -2.48. The van der Waals surface area contributed by atoms with E-state index in [4.69, 9.17) is 0 Å². The van der Waals surface area contributed by atoms with Crippen molar-refractivity contribution >= 4 is 34.1 Å². The van der Waals surface area contributed by atoms with E-state index in [0.717, 1.165) is 29.3 Å². The third kappa shape index (κ3) is 5.23. The molecule has 0 fully saturated rings. The minimum absolute atomic E-state index is 0.140. The maximum Gasteiger partial charge on any atom is 0.262 e. The third-order valence-electron chi connectivity index (χ3n) is 4.72. The zero-order chi connectivity index (χ0) is 19.9. The molecule has 3 N–H and O–H groups in total. The Kier molecular flexibility index (Phi) is 6.87. The summed E-state index contributed by atoms with van der Waals surface area (Å²) in [6.45, 7) is 4.96. The summed E-state index contributed by atoms with van der Waals surface area (Å²) in [5.74, 6) is 0.258. The van der Waals surface area contributed by atoms with Crippen LogP contribution in [0.15, 0.2) is 48.0 Å². The highest BCUT2D eigenvalue weighted by Crippen LogP contribution is 2.19. The standard InChI is InChI=1S/C22H27N3O2S/c1-15(2)7-5-11-23-21(26)19(25-22(27)20-10-6-12-28-20)13-16-14-24-18-9-4-3-8-17(16)18/h3-4,6,8-10,12,14-15,19,24H,5,7,11,13H2,1-2H3,(H,23,26)(H,25,27). The molecule has 3 aromatic rings. The number of carbonyl (C=O) groups excluding carboxylic acids is 2. The van der Waals surface area contributed by atoms with Gasteiger partial charge in [-0.2, -0.15) is 0 Å². The van der Waals surface area contributed by atoms with Gasteiger partial charge in [-0.25, -0.2) is 0 Å². The second-order valence-electron chi connectivity index (χ2n) is 7.39. The average Bonchev–Trinajstić information content (AvgIpc) is 3.35. The van der Waals surface area contributed by atoms with Crippen LogP contribution in [0.5, 0.6) is 0 Å². The van der Waals surface area contributed by atoms with Gasteiger partial charge in [-0.1, -0.05) is 38.1 Å². The Morgan fingerprint density at radius 1 is 1.14 bits per heavy atom. The number of aromatic nitrogens is 1. The number of H-pyrrole nitrogens is 1. The molecule has 1 atom stereocenters. The zero-order valence-electron chi connectivity index (χ0n) is 16.3. The van der Waals surface area contributed by atoms with E-state index in [-0.39, 0.29) is 11.8 Å². The second kappa shape index (κ2) is 9.55. The first-order valence-electron chi connectivity index (χ1n) is 9.71. The molecule has 5 nitrogen and oxygen atoms in total. The summed E-state index contributed by atoms with van der Waals surface area (Å²) in [6, 6.07) is 11.0. The van der Waals surface area contributed by atoms with Gasteiger partial charge in [0.05, 0.1) is 4.88 Å². The van der Waals surface area contributed by atoms with Crippen LogP contribution < -0.4 is 10.6 Å². The molecule has 2 amide bonds. The van der Waals surface area contributed by atoms with Crippen molar-refractivity contribution in [2.75, 3.05) is 6.54 Å². The lowest BCUT2D eigenvalue weighted by molar-refractivity contribution is -0.122. The highest BCUT2D eigenvalue weighted by molar-refractivity contribution is 7.12. The molecule has 1 aromatic carbocycles. The van der Waals surface area contributed by atoms with Crippen molar-refractivity contribution in [2.45, 2.75) is 39.2 Å². The van der Waals surface area contributed by atoms with E-state index >= 15 is 0 Å². The second-order valence-corrected chi connectivity index (χ2v) is 8.34. The van der Waals surface area contributed by atoms with Crippen LogP contribution in [-0.2, 0) is 11.2 Å². The van der Waals surface area contributed by atoms with Gasteiger partial charge in [0, 0.05) is 30.1 Å². The van der Waals surface area contributed by atoms with Crippen molar-refractivity contribution in [3.05, 3.63) is 58.4 Å². The van der Waals surface area contributed by atoms with Crippen molar-refractivity contribution in [1.29, 1.82) is 0 Å². The Balaban J connectivity index is 1.71. The Hall–Kier alpha value is -2.60. The van der Waals surface area contributed by atoms with Crippen molar-refractivity contribution < 1.29 is 9.59 Å². The Morgan fingerprint density at radius 3 is 2.71 bits per heavy atom. The summed E-state index contributed by atoms with van der Waals surface area (Å²) >= 11 is 1.37. The van der Waals surface area contributed by atoms with Gasteiger partial charge in [0.15, 0.2) is 0 Å². The first-order valence-corrected chi connectivity index (χ1v) is 10.6. The molecule has 28 heavy (non-hydrogen) atoms. The topological polar surface area (TPSA) is 74.0 Å². The molecule has 6 heteroatoms. The van der Waals surface area contributed by atoms with Crippen molar-refractivity contribution in [1.82, 2.24) is 15.6 Å². The van der Waals surface area contributed by atoms with Gasteiger partial charge >= 0.3 is 0 Å². The Morgan fingerprint density at radius 2 is 1.96 bits per heavy atom. The normalized spacial score (nSPS) is 12.2. The maximum absolute atomic E-state index is 12.8. The lowest BCUT2D eigenvalue weighted by Gasteiger charge is -2.18. The van der Waals surface area contributed by atoms with Crippen LogP contribution in [0.25, 0.3) is 10.9 Å². The number of amides is 2. The molecule has 0 aliphatic heterocycles. The molecule has 0 aliphatic rings. The molecule has 2 aromatic heterocycles. The summed E-state index contributed by atoms with van der Waals surface area (Å²) in [5, 5.41) is 8.84. The van der Waals surface area contributed by atoms with E-state index < -0.39 is 6.04 Å². The summed E-state index contributed by atoms with van der Waals surface area (Å²) in [6.07, 6.45) is 4.36. The summed E-state index contributed by atoms with van der Waals surface area (Å²) in [7, 11) is 0. The van der Waals surface area contributed by atoms with E-state index in [2.05, 4.69) is 29.5 Å². The molecule has 148 valence electrons. The van der Waals surface area contributed by atoms with Crippen molar-refractivity contribution in [3.8, 4) is 0 Å². The number of benzene rings is 1. The smallest absolute Gasteiger partial charge is 0.262 e. The van der Waals surface area contributed by atoms with Crippen molar-refractivity contribution in [2.24, 2.45) is 5.92 Å². The molecule has 0 spiro atoms. The molecule has 0 bridgehead atoms. The predicted molar refractivity (Wildman–Crippen MR) is 115 cm³/mol. The van der Waals surface area contributed by atoms with E-state index in [9.17, 15) is 9.59 Å². The van der Waals surface area contributed by atoms with Gasteiger partial charge in [0.25, 0.3) is 5.91 Å². The monoisotopic (exact) mass is 397 g/mol. The maximum atomic E-state index is 12.8. The van der Waals surface area contributed by atoms with Crippen molar-refractivity contribution in [3.63, 3.8) is 0 Å². The van der Waals surface area contributed by atoms with E-state index in [1.807, 2.05) is 41.9 Å². The fourth-order valence-electron chi connectivity index (χ4n) is 3.21. The molecule has 0 saturated heterocycles. The molecule has 3 rings (SSSR count). The van der Waals surface area contributed by atoms with Crippen LogP contribution in [-0.4, -0.2) is 29.4 Å². The fourth-order valence-corrected chi connectivity index (χ4v) is 3.84. The number of para-hydroxylation sites is 1. The molecular weight excluding hydrogens is 370 g/mol.